The predicted molar refractivity (Wildman–Crippen MR) is 67.1 cm³/mol. The second-order valence-electron chi connectivity index (χ2n) is 4.56. The summed E-state index contributed by atoms with van der Waals surface area (Å²) in [5.41, 5.74) is 1.32. The van der Waals surface area contributed by atoms with E-state index in [1.54, 1.807) is 0 Å². The van der Waals surface area contributed by atoms with Crippen LogP contribution in [0.1, 0.15) is 37.8 Å². The van der Waals surface area contributed by atoms with Crippen molar-refractivity contribution >= 4 is 0 Å². The quantitative estimate of drug-likeness (QED) is 0.782. The normalized spacial score (nSPS) is 21.9. The van der Waals surface area contributed by atoms with Gasteiger partial charge in [0.1, 0.15) is 0 Å². The maximum absolute atomic E-state index is 4.04. The third-order valence-electron chi connectivity index (χ3n) is 3.30. The van der Waals surface area contributed by atoms with Crippen molar-refractivity contribution in [2.24, 2.45) is 5.92 Å². The van der Waals surface area contributed by atoms with Crippen LogP contribution in [-0.4, -0.2) is 11.5 Å². The molecule has 1 unspecified atom stereocenters. The SMILES string of the molecule is C[C@H](NCC1CC=CCC1)c1ccncc1. The van der Waals surface area contributed by atoms with E-state index in [0.717, 1.165) is 12.5 Å². The van der Waals surface area contributed by atoms with Gasteiger partial charge >= 0.3 is 0 Å². The Bertz CT molecular complexity index is 332. The van der Waals surface area contributed by atoms with Gasteiger partial charge < -0.3 is 5.32 Å². The fourth-order valence-electron chi connectivity index (χ4n) is 2.16. The Morgan fingerprint density at radius 2 is 2.19 bits per heavy atom. The lowest BCUT2D eigenvalue weighted by atomic mass is 9.94. The summed E-state index contributed by atoms with van der Waals surface area (Å²) in [6.07, 6.45) is 12.1. The summed E-state index contributed by atoms with van der Waals surface area (Å²) in [7, 11) is 0. The fraction of sp³-hybridized carbons (Fsp3) is 0.500. The molecule has 0 bridgehead atoms. The predicted octanol–water partition coefficient (Wildman–Crippen LogP) is 3.09. The largest absolute Gasteiger partial charge is 0.310 e. The molecule has 2 heteroatoms. The number of aromatic nitrogens is 1. The summed E-state index contributed by atoms with van der Waals surface area (Å²) < 4.78 is 0. The summed E-state index contributed by atoms with van der Waals surface area (Å²) in [5.74, 6) is 0.814. The number of nitrogens with one attached hydrogen (secondary N) is 1. The van der Waals surface area contributed by atoms with Crippen LogP contribution in [-0.2, 0) is 0 Å². The standard InChI is InChI=1S/C14H20N2/c1-12(14-7-9-15-10-8-14)16-11-13-5-3-2-4-6-13/h2-3,7-10,12-13,16H,4-6,11H2,1H3/t12-,13?/m0/s1. The molecule has 0 aliphatic heterocycles. The first-order valence-corrected chi connectivity index (χ1v) is 6.14. The van der Waals surface area contributed by atoms with Crippen LogP contribution in [0.25, 0.3) is 0 Å². The van der Waals surface area contributed by atoms with Gasteiger partial charge in [-0.1, -0.05) is 12.2 Å². The summed E-state index contributed by atoms with van der Waals surface area (Å²) in [6, 6.07) is 4.59. The Morgan fingerprint density at radius 1 is 1.38 bits per heavy atom. The van der Waals surface area contributed by atoms with Gasteiger partial charge in [-0.3, -0.25) is 4.98 Å². The third kappa shape index (κ3) is 3.17. The maximum atomic E-state index is 4.04. The molecule has 0 saturated carbocycles. The van der Waals surface area contributed by atoms with Gasteiger partial charge in [0.25, 0.3) is 0 Å². The zero-order chi connectivity index (χ0) is 11.2. The van der Waals surface area contributed by atoms with Gasteiger partial charge in [-0.2, -0.15) is 0 Å². The van der Waals surface area contributed by atoms with Crippen molar-refractivity contribution in [1.29, 1.82) is 0 Å². The minimum Gasteiger partial charge on any atom is -0.310 e. The molecule has 2 rings (SSSR count). The second kappa shape index (κ2) is 5.80. The van der Waals surface area contributed by atoms with E-state index in [0.29, 0.717) is 6.04 Å². The van der Waals surface area contributed by atoms with E-state index >= 15 is 0 Å². The Balaban J connectivity index is 1.79. The molecule has 1 heterocycles. The zero-order valence-electron chi connectivity index (χ0n) is 9.89. The second-order valence-corrected chi connectivity index (χ2v) is 4.56. The molecule has 0 amide bonds. The maximum Gasteiger partial charge on any atom is 0.0293 e. The van der Waals surface area contributed by atoms with Gasteiger partial charge in [0.2, 0.25) is 0 Å². The van der Waals surface area contributed by atoms with Crippen LogP contribution in [0.5, 0.6) is 0 Å². The van der Waals surface area contributed by atoms with E-state index < -0.39 is 0 Å². The van der Waals surface area contributed by atoms with Crippen LogP contribution >= 0.6 is 0 Å². The van der Waals surface area contributed by atoms with Crippen LogP contribution in [0.2, 0.25) is 0 Å². The highest BCUT2D eigenvalue weighted by Gasteiger charge is 2.11. The molecule has 1 N–H and O–H groups in total. The summed E-state index contributed by atoms with van der Waals surface area (Å²) in [6.45, 7) is 3.34. The molecule has 2 nitrogen and oxygen atoms in total. The molecule has 0 saturated heterocycles. The number of pyridine rings is 1. The minimum absolute atomic E-state index is 0.425. The van der Waals surface area contributed by atoms with Crippen molar-refractivity contribution in [2.75, 3.05) is 6.54 Å². The number of nitrogens with zero attached hydrogens (tertiary/aromatic N) is 1. The van der Waals surface area contributed by atoms with E-state index in [1.165, 1.54) is 24.8 Å². The lowest BCUT2D eigenvalue weighted by Crippen LogP contribution is -2.26. The first-order valence-electron chi connectivity index (χ1n) is 6.14. The first-order chi connectivity index (χ1) is 7.86. The smallest absolute Gasteiger partial charge is 0.0293 e. The van der Waals surface area contributed by atoms with Crippen molar-refractivity contribution in [3.63, 3.8) is 0 Å². The van der Waals surface area contributed by atoms with Crippen molar-refractivity contribution < 1.29 is 0 Å². The average molecular weight is 216 g/mol. The van der Waals surface area contributed by atoms with Crippen molar-refractivity contribution in [1.82, 2.24) is 10.3 Å². The monoisotopic (exact) mass is 216 g/mol. The van der Waals surface area contributed by atoms with Gasteiger partial charge in [0.15, 0.2) is 0 Å². The van der Waals surface area contributed by atoms with Crippen molar-refractivity contribution in [3.8, 4) is 0 Å². The highest BCUT2D eigenvalue weighted by atomic mass is 14.9. The van der Waals surface area contributed by atoms with Gasteiger partial charge in [-0.05, 0) is 56.3 Å². The lowest BCUT2D eigenvalue weighted by molar-refractivity contribution is 0.415. The van der Waals surface area contributed by atoms with Gasteiger partial charge in [-0.15, -0.1) is 0 Å². The Labute approximate surface area is 97.8 Å². The molecule has 16 heavy (non-hydrogen) atoms. The summed E-state index contributed by atoms with van der Waals surface area (Å²) in [4.78, 5) is 4.04. The van der Waals surface area contributed by atoms with Crippen LogP contribution in [0.3, 0.4) is 0 Å². The van der Waals surface area contributed by atoms with Crippen molar-refractivity contribution in [3.05, 3.63) is 42.2 Å². The first kappa shape index (κ1) is 11.3. The minimum atomic E-state index is 0.425. The van der Waals surface area contributed by atoms with Crippen LogP contribution in [0.15, 0.2) is 36.7 Å². The number of hydrogen-bond donors (Lipinski definition) is 1. The Morgan fingerprint density at radius 3 is 2.88 bits per heavy atom. The molecule has 1 aromatic heterocycles. The Kier molecular flexibility index (Phi) is 4.11. The molecule has 1 aliphatic carbocycles. The van der Waals surface area contributed by atoms with E-state index in [4.69, 9.17) is 0 Å². The molecular formula is C14H20N2. The highest BCUT2D eigenvalue weighted by Crippen LogP contribution is 2.18. The Hall–Kier alpha value is -1.15. The van der Waals surface area contributed by atoms with E-state index in [2.05, 4.69) is 41.5 Å². The lowest BCUT2D eigenvalue weighted by Gasteiger charge is -2.21. The molecule has 2 atom stereocenters. The topological polar surface area (TPSA) is 24.9 Å². The van der Waals surface area contributed by atoms with Crippen LogP contribution in [0, 0.1) is 5.92 Å². The van der Waals surface area contributed by atoms with Crippen molar-refractivity contribution in [2.45, 2.75) is 32.2 Å². The van der Waals surface area contributed by atoms with Crippen LogP contribution < -0.4 is 5.32 Å². The molecule has 1 aromatic rings. The van der Waals surface area contributed by atoms with E-state index in [-0.39, 0.29) is 0 Å². The molecule has 86 valence electrons. The molecular weight excluding hydrogens is 196 g/mol. The van der Waals surface area contributed by atoms with E-state index in [1.807, 2.05) is 12.4 Å². The summed E-state index contributed by atoms with van der Waals surface area (Å²) >= 11 is 0. The molecule has 0 aromatic carbocycles. The van der Waals surface area contributed by atoms with Gasteiger partial charge in [0, 0.05) is 18.4 Å². The fourth-order valence-corrected chi connectivity index (χ4v) is 2.16. The van der Waals surface area contributed by atoms with Gasteiger partial charge in [-0.25, -0.2) is 0 Å². The number of allylic oxidation sites excluding steroid dienone is 2. The van der Waals surface area contributed by atoms with Gasteiger partial charge in [0.05, 0.1) is 0 Å². The third-order valence-corrected chi connectivity index (χ3v) is 3.30. The number of rotatable bonds is 4. The molecule has 0 fully saturated rings. The zero-order valence-corrected chi connectivity index (χ0v) is 9.89. The van der Waals surface area contributed by atoms with E-state index in [9.17, 15) is 0 Å². The van der Waals surface area contributed by atoms with Crippen LogP contribution in [0.4, 0.5) is 0 Å². The molecule has 0 spiro atoms. The molecule has 0 radical (unpaired) electrons. The molecule has 1 aliphatic rings. The number of hydrogen-bond acceptors (Lipinski definition) is 2. The average Bonchev–Trinajstić information content (AvgIpc) is 2.38. The summed E-state index contributed by atoms with van der Waals surface area (Å²) in [5, 5.41) is 3.61. The highest BCUT2D eigenvalue weighted by molar-refractivity contribution is 5.13.